The number of hydrogen-bond donors (Lipinski definition) is 1. The minimum absolute atomic E-state index is 0.680. The van der Waals surface area contributed by atoms with Crippen molar-refractivity contribution in [3.05, 3.63) is 16.1 Å². The molecule has 0 atom stereocenters. The zero-order valence-electron chi connectivity index (χ0n) is 15.0. The van der Waals surface area contributed by atoms with Crippen LogP contribution in [0.5, 0.6) is 0 Å². The van der Waals surface area contributed by atoms with Crippen LogP contribution in [0.1, 0.15) is 37.6 Å². The van der Waals surface area contributed by atoms with Gasteiger partial charge in [0.15, 0.2) is 5.96 Å². The molecule has 5 nitrogen and oxygen atoms in total. The van der Waals surface area contributed by atoms with Gasteiger partial charge in [0.05, 0.1) is 6.54 Å². The van der Waals surface area contributed by atoms with Crippen molar-refractivity contribution in [2.45, 2.75) is 40.7 Å². The average molecular weight is 338 g/mol. The van der Waals surface area contributed by atoms with Gasteiger partial charge in [-0.1, -0.05) is 20.8 Å². The van der Waals surface area contributed by atoms with Gasteiger partial charge in [-0.05, 0) is 19.3 Å². The summed E-state index contributed by atoms with van der Waals surface area (Å²) < 4.78 is 0. The number of aromatic nitrogens is 1. The van der Waals surface area contributed by atoms with E-state index in [-0.39, 0.29) is 0 Å². The number of aliphatic imine (C=N–C) groups is 1. The van der Waals surface area contributed by atoms with Crippen LogP contribution in [0.4, 0.5) is 0 Å². The van der Waals surface area contributed by atoms with Gasteiger partial charge in [-0.2, -0.15) is 0 Å². The van der Waals surface area contributed by atoms with Crippen molar-refractivity contribution in [2.75, 3.05) is 39.3 Å². The van der Waals surface area contributed by atoms with Gasteiger partial charge < -0.3 is 10.2 Å². The highest BCUT2D eigenvalue weighted by Gasteiger charge is 2.19. The van der Waals surface area contributed by atoms with Gasteiger partial charge in [-0.15, -0.1) is 11.3 Å². The monoisotopic (exact) mass is 337 g/mol. The molecular formula is C17H31N5S. The first kappa shape index (κ1) is 18.2. The number of thiazole rings is 1. The Balaban J connectivity index is 1.91. The Hall–Kier alpha value is -1.14. The number of nitrogens with one attached hydrogen (secondary N) is 1. The number of hydrogen-bond acceptors (Lipinski definition) is 4. The standard InChI is InChI=1S/C17H31N5S/c1-5-15-11-19-16(23-15)12-20-17(18-6-2)22-9-7-21(8-10-22)13-14(3)4/h11,14H,5-10,12-13H2,1-4H3,(H,18,20). The highest BCUT2D eigenvalue weighted by Crippen LogP contribution is 2.14. The Morgan fingerprint density at radius 3 is 2.61 bits per heavy atom. The fraction of sp³-hybridized carbons (Fsp3) is 0.765. The average Bonchev–Trinajstić information content (AvgIpc) is 3.00. The molecule has 1 aromatic heterocycles. The molecule has 1 aliphatic heterocycles. The summed E-state index contributed by atoms with van der Waals surface area (Å²) in [7, 11) is 0. The van der Waals surface area contributed by atoms with Crippen molar-refractivity contribution in [1.29, 1.82) is 0 Å². The lowest BCUT2D eigenvalue weighted by molar-refractivity contribution is 0.164. The van der Waals surface area contributed by atoms with E-state index >= 15 is 0 Å². The van der Waals surface area contributed by atoms with E-state index in [0.29, 0.717) is 6.54 Å². The minimum atomic E-state index is 0.680. The van der Waals surface area contributed by atoms with Crippen LogP contribution in [0, 0.1) is 5.92 Å². The van der Waals surface area contributed by atoms with E-state index in [1.54, 1.807) is 11.3 Å². The number of piperazine rings is 1. The topological polar surface area (TPSA) is 43.8 Å². The summed E-state index contributed by atoms with van der Waals surface area (Å²) in [6.45, 7) is 16.0. The van der Waals surface area contributed by atoms with Crippen LogP contribution < -0.4 is 5.32 Å². The molecule has 0 aromatic carbocycles. The molecule has 0 spiro atoms. The Morgan fingerprint density at radius 1 is 1.30 bits per heavy atom. The molecule has 1 saturated heterocycles. The molecular weight excluding hydrogens is 306 g/mol. The summed E-state index contributed by atoms with van der Waals surface area (Å²) >= 11 is 1.77. The summed E-state index contributed by atoms with van der Waals surface area (Å²) in [5, 5.41) is 4.54. The third-order valence-electron chi connectivity index (χ3n) is 3.94. The molecule has 1 aromatic rings. The van der Waals surface area contributed by atoms with Crippen molar-refractivity contribution >= 4 is 17.3 Å². The number of nitrogens with zero attached hydrogens (tertiary/aromatic N) is 4. The molecule has 0 bridgehead atoms. The third-order valence-corrected chi connectivity index (χ3v) is 5.07. The van der Waals surface area contributed by atoms with Crippen LogP contribution in [0.25, 0.3) is 0 Å². The van der Waals surface area contributed by atoms with Crippen LogP contribution in [0.3, 0.4) is 0 Å². The van der Waals surface area contributed by atoms with Crippen LogP contribution in [0.15, 0.2) is 11.2 Å². The van der Waals surface area contributed by atoms with Crippen LogP contribution in [-0.2, 0) is 13.0 Å². The van der Waals surface area contributed by atoms with Crippen molar-refractivity contribution in [1.82, 2.24) is 20.1 Å². The van der Waals surface area contributed by atoms with E-state index in [2.05, 4.69) is 47.8 Å². The second-order valence-electron chi connectivity index (χ2n) is 6.43. The summed E-state index contributed by atoms with van der Waals surface area (Å²) in [6.07, 6.45) is 3.03. The summed E-state index contributed by atoms with van der Waals surface area (Å²) in [6, 6.07) is 0. The normalized spacial score (nSPS) is 17.1. The number of aryl methyl sites for hydroxylation is 1. The maximum Gasteiger partial charge on any atom is 0.194 e. The summed E-state index contributed by atoms with van der Waals surface area (Å²) in [5.41, 5.74) is 0. The van der Waals surface area contributed by atoms with Gasteiger partial charge in [0.2, 0.25) is 0 Å². The zero-order chi connectivity index (χ0) is 16.7. The molecule has 23 heavy (non-hydrogen) atoms. The Kier molecular flexibility index (Phi) is 7.30. The summed E-state index contributed by atoms with van der Waals surface area (Å²) in [4.78, 5) is 15.5. The van der Waals surface area contributed by atoms with Crippen LogP contribution >= 0.6 is 11.3 Å². The second-order valence-corrected chi connectivity index (χ2v) is 7.63. The van der Waals surface area contributed by atoms with Gasteiger partial charge in [0.25, 0.3) is 0 Å². The maximum absolute atomic E-state index is 4.80. The first-order chi connectivity index (χ1) is 11.1. The molecule has 1 fully saturated rings. The lowest BCUT2D eigenvalue weighted by Crippen LogP contribution is -2.53. The van der Waals surface area contributed by atoms with E-state index in [1.165, 1.54) is 11.4 Å². The first-order valence-corrected chi connectivity index (χ1v) is 9.63. The smallest absolute Gasteiger partial charge is 0.194 e. The maximum atomic E-state index is 4.80. The van der Waals surface area contributed by atoms with Gasteiger partial charge in [-0.25, -0.2) is 9.98 Å². The van der Waals surface area contributed by atoms with E-state index in [4.69, 9.17) is 4.99 Å². The van der Waals surface area contributed by atoms with Crippen LogP contribution in [0.2, 0.25) is 0 Å². The third kappa shape index (κ3) is 5.77. The van der Waals surface area contributed by atoms with E-state index in [0.717, 1.165) is 56.0 Å². The van der Waals surface area contributed by atoms with Crippen molar-refractivity contribution in [2.24, 2.45) is 10.9 Å². The molecule has 0 radical (unpaired) electrons. The molecule has 2 rings (SSSR count). The first-order valence-electron chi connectivity index (χ1n) is 8.81. The summed E-state index contributed by atoms with van der Waals surface area (Å²) in [5.74, 6) is 1.77. The quantitative estimate of drug-likeness (QED) is 0.640. The van der Waals surface area contributed by atoms with Gasteiger partial charge in [0, 0.05) is 50.3 Å². The van der Waals surface area contributed by atoms with E-state index in [1.807, 2.05) is 6.20 Å². The fourth-order valence-electron chi connectivity index (χ4n) is 2.81. The van der Waals surface area contributed by atoms with Crippen LogP contribution in [-0.4, -0.2) is 60.0 Å². The number of guanidine groups is 1. The molecule has 0 saturated carbocycles. The predicted octanol–water partition coefficient (Wildman–Crippen LogP) is 2.44. The van der Waals surface area contributed by atoms with Gasteiger partial charge in [0.1, 0.15) is 5.01 Å². The fourth-order valence-corrected chi connectivity index (χ4v) is 3.60. The Bertz CT molecular complexity index is 489. The molecule has 130 valence electrons. The van der Waals surface area contributed by atoms with Crippen molar-refractivity contribution in [3.63, 3.8) is 0 Å². The lowest BCUT2D eigenvalue weighted by Gasteiger charge is -2.37. The Labute approximate surface area is 144 Å². The van der Waals surface area contributed by atoms with Crippen molar-refractivity contribution < 1.29 is 0 Å². The van der Waals surface area contributed by atoms with E-state index < -0.39 is 0 Å². The highest BCUT2D eigenvalue weighted by molar-refractivity contribution is 7.11. The minimum Gasteiger partial charge on any atom is -0.357 e. The molecule has 2 heterocycles. The van der Waals surface area contributed by atoms with Gasteiger partial charge >= 0.3 is 0 Å². The highest BCUT2D eigenvalue weighted by atomic mass is 32.1. The molecule has 0 amide bonds. The molecule has 1 N–H and O–H groups in total. The zero-order valence-corrected chi connectivity index (χ0v) is 15.8. The largest absolute Gasteiger partial charge is 0.357 e. The Morgan fingerprint density at radius 2 is 2.04 bits per heavy atom. The number of rotatable bonds is 6. The van der Waals surface area contributed by atoms with Crippen molar-refractivity contribution in [3.8, 4) is 0 Å². The van der Waals surface area contributed by atoms with Gasteiger partial charge in [-0.3, -0.25) is 4.90 Å². The lowest BCUT2D eigenvalue weighted by atomic mass is 10.2. The molecule has 0 unspecified atom stereocenters. The van der Waals surface area contributed by atoms with E-state index in [9.17, 15) is 0 Å². The second kappa shape index (κ2) is 9.23. The molecule has 6 heteroatoms. The SMILES string of the molecule is CCNC(=NCc1ncc(CC)s1)N1CCN(CC(C)C)CC1. The predicted molar refractivity (Wildman–Crippen MR) is 99.2 cm³/mol. The molecule has 0 aliphatic carbocycles. The molecule has 1 aliphatic rings.